The second-order valence-corrected chi connectivity index (χ2v) is 7.57. The van der Waals surface area contributed by atoms with Crippen LogP contribution in [0.15, 0.2) is 42.9 Å². The van der Waals surface area contributed by atoms with Crippen LogP contribution in [0.3, 0.4) is 0 Å². The first-order valence-corrected chi connectivity index (χ1v) is 9.59. The first-order valence-electron chi connectivity index (χ1n) is 9.59. The molecule has 1 aliphatic carbocycles. The number of imidazole rings is 1. The van der Waals surface area contributed by atoms with Gasteiger partial charge in [0.2, 0.25) is 0 Å². The van der Waals surface area contributed by atoms with Crippen LogP contribution >= 0.6 is 0 Å². The van der Waals surface area contributed by atoms with E-state index >= 15 is 0 Å². The van der Waals surface area contributed by atoms with Crippen molar-refractivity contribution in [1.29, 1.82) is 0 Å². The van der Waals surface area contributed by atoms with Gasteiger partial charge in [-0.05, 0) is 37.3 Å². The van der Waals surface area contributed by atoms with Gasteiger partial charge in [0.15, 0.2) is 11.5 Å². The Balaban J connectivity index is 1.57. The SMILES string of the molecule is CC(C)CCNc1nc(-c2ccc(C(=O)NC3CC3)cc2)cn2ccnc12. The number of carbonyl (C=O) groups excluding carboxylic acids is 1. The lowest BCUT2D eigenvalue weighted by molar-refractivity contribution is 0.0951. The maximum Gasteiger partial charge on any atom is 0.251 e. The van der Waals surface area contributed by atoms with E-state index in [-0.39, 0.29) is 5.91 Å². The molecule has 0 saturated heterocycles. The van der Waals surface area contributed by atoms with Crippen LogP contribution in [0, 0.1) is 5.92 Å². The molecule has 1 saturated carbocycles. The normalized spacial score (nSPS) is 13.9. The Labute approximate surface area is 159 Å². The maximum atomic E-state index is 12.2. The number of rotatable bonds is 7. The third-order valence-corrected chi connectivity index (χ3v) is 4.74. The molecule has 27 heavy (non-hydrogen) atoms. The second-order valence-electron chi connectivity index (χ2n) is 7.57. The van der Waals surface area contributed by atoms with Crippen LogP contribution in [-0.4, -0.2) is 32.9 Å². The summed E-state index contributed by atoms with van der Waals surface area (Å²) < 4.78 is 1.98. The Morgan fingerprint density at radius 1 is 1.26 bits per heavy atom. The highest BCUT2D eigenvalue weighted by molar-refractivity contribution is 5.95. The smallest absolute Gasteiger partial charge is 0.251 e. The minimum atomic E-state index is -0.00175. The molecule has 2 heterocycles. The molecule has 0 atom stereocenters. The van der Waals surface area contributed by atoms with E-state index < -0.39 is 0 Å². The van der Waals surface area contributed by atoms with Crippen LogP contribution in [0.1, 0.15) is 43.5 Å². The lowest BCUT2D eigenvalue weighted by Gasteiger charge is -2.11. The molecule has 6 nitrogen and oxygen atoms in total. The molecule has 2 aromatic heterocycles. The Bertz CT molecular complexity index is 941. The summed E-state index contributed by atoms with van der Waals surface area (Å²) in [5, 5.41) is 6.43. The van der Waals surface area contributed by atoms with E-state index in [0.29, 0.717) is 17.5 Å². The molecule has 1 aromatic carbocycles. The second kappa shape index (κ2) is 7.39. The van der Waals surface area contributed by atoms with Crippen LogP contribution in [0.25, 0.3) is 16.9 Å². The topological polar surface area (TPSA) is 71.3 Å². The number of fused-ring (bicyclic) bond motifs is 1. The molecule has 1 aliphatic rings. The van der Waals surface area contributed by atoms with Gasteiger partial charge in [0, 0.05) is 42.3 Å². The van der Waals surface area contributed by atoms with Gasteiger partial charge in [-0.3, -0.25) is 4.79 Å². The van der Waals surface area contributed by atoms with E-state index in [1.165, 1.54) is 0 Å². The molecule has 0 unspecified atom stereocenters. The summed E-state index contributed by atoms with van der Waals surface area (Å²) in [5.41, 5.74) is 3.33. The molecule has 6 heteroatoms. The van der Waals surface area contributed by atoms with Crippen molar-refractivity contribution in [1.82, 2.24) is 19.7 Å². The van der Waals surface area contributed by atoms with Gasteiger partial charge in [-0.1, -0.05) is 26.0 Å². The van der Waals surface area contributed by atoms with Crippen LogP contribution in [0.2, 0.25) is 0 Å². The van der Waals surface area contributed by atoms with E-state index in [1.807, 2.05) is 41.1 Å². The van der Waals surface area contributed by atoms with Crippen molar-refractivity contribution >= 4 is 17.4 Å². The fourth-order valence-corrected chi connectivity index (χ4v) is 2.96. The van der Waals surface area contributed by atoms with Gasteiger partial charge in [0.1, 0.15) is 0 Å². The van der Waals surface area contributed by atoms with Gasteiger partial charge in [0.25, 0.3) is 5.91 Å². The number of nitrogens with one attached hydrogen (secondary N) is 2. The summed E-state index contributed by atoms with van der Waals surface area (Å²) >= 11 is 0. The monoisotopic (exact) mass is 363 g/mol. The van der Waals surface area contributed by atoms with Crippen molar-refractivity contribution in [2.45, 2.75) is 39.2 Å². The predicted molar refractivity (Wildman–Crippen MR) is 107 cm³/mol. The number of hydrogen-bond acceptors (Lipinski definition) is 4. The van der Waals surface area contributed by atoms with Crippen LogP contribution in [0.5, 0.6) is 0 Å². The zero-order valence-electron chi connectivity index (χ0n) is 15.8. The summed E-state index contributed by atoms with van der Waals surface area (Å²) in [5.74, 6) is 1.41. The van der Waals surface area contributed by atoms with Crippen molar-refractivity contribution in [2.24, 2.45) is 5.92 Å². The predicted octanol–water partition coefficient (Wildman–Crippen LogP) is 3.75. The number of anilines is 1. The van der Waals surface area contributed by atoms with E-state index in [9.17, 15) is 4.79 Å². The largest absolute Gasteiger partial charge is 0.367 e. The van der Waals surface area contributed by atoms with Gasteiger partial charge >= 0.3 is 0 Å². The van der Waals surface area contributed by atoms with E-state index in [0.717, 1.165) is 48.5 Å². The molecule has 0 bridgehead atoms. The number of benzene rings is 1. The minimum Gasteiger partial charge on any atom is -0.367 e. The Kier molecular flexibility index (Phi) is 4.79. The quantitative estimate of drug-likeness (QED) is 0.671. The number of carbonyl (C=O) groups is 1. The molecule has 140 valence electrons. The van der Waals surface area contributed by atoms with Crippen molar-refractivity contribution in [3.63, 3.8) is 0 Å². The summed E-state index contributed by atoms with van der Waals surface area (Å²) in [6.45, 7) is 5.27. The summed E-state index contributed by atoms with van der Waals surface area (Å²) in [6, 6.07) is 7.98. The summed E-state index contributed by atoms with van der Waals surface area (Å²) in [7, 11) is 0. The van der Waals surface area contributed by atoms with E-state index in [1.54, 1.807) is 6.20 Å². The Hall–Kier alpha value is -2.89. The van der Waals surface area contributed by atoms with Crippen molar-refractivity contribution in [3.8, 4) is 11.3 Å². The first-order chi connectivity index (χ1) is 13.1. The molecule has 4 rings (SSSR count). The Morgan fingerprint density at radius 2 is 2.04 bits per heavy atom. The lowest BCUT2D eigenvalue weighted by Crippen LogP contribution is -2.25. The summed E-state index contributed by atoms with van der Waals surface area (Å²) in [4.78, 5) is 21.3. The Morgan fingerprint density at radius 3 is 2.74 bits per heavy atom. The molecular weight excluding hydrogens is 338 g/mol. The number of aromatic nitrogens is 3. The number of amides is 1. The third kappa shape index (κ3) is 4.10. The number of nitrogens with zero attached hydrogens (tertiary/aromatic N) is 3. The zero-order valence-corrected chi connectivity index (χ0v) is 15.8. The van der Waals surface area contributed by atoms with Crippen LogP contribution < -0.4 is 10.6 Å². The highest BCUT2D eigenvalue weighted by Gasteiger charge is 2.23. The van der Waals surface area contributed by atoms with E-state index in [2.05, 4.69) is 29.5 Å². The fourth-order valence-electron chi connectivity index (χ4n) is 2.96. The minimum absolute atomic E-state index is 0.00175. The van der Waals surface area contributed by atoms with Crippen molar-refractivity contribution in [2.75, 3.05) is 11.9 Å². The van der Waals surface area contributed by atoms with Gasteiger partial charge in [-0.15, -0.1) is 0 Å². The summed E-state index contributed by atoms with van der Waals surface area (Å²) in [6.07, 6.45) is 8.92. The third-order valence-electron chi connectivity index (χ3n) is 4.74. The molecule has 3 aromatic rings. The van der Waals surface area contributed by atoms with Crippen LogP contribution in [0.4, 0.5) is 5.82 Å². The van der Waals surface area contributed by atoms with Gasteiger partial charge in [0.05, 0.1) is 5.69 Å². The average Bonchev–Trinajstić information content (AvgIpc) is 3.34. The molecule has 2 N–H and O–H groups in total. The molecule has 0 spiro atoms. The highest BCUT2D eigenvalue weighted by atomic mass is 16.1. The zero-order chi connectivity index (χ0) is 18.8. The maximum absolute atomic E-state index is 12.2. The molecule has 1 fully saturated rings. The highest BCUT2D eigenvalue weighted by Crippen LogP contribution is 2.23. The van der Waals surface area contributed by atoms with E-state index in [4.69, 9.17) is 4.98 Å². The van der Waals surface area contributed by atoms with Crippen molar-refractivity contribution in [3.05, 3.63) is 48.4 Å². The first kappa shape index (κ1) is 17.5. The standard InChI is InChI=1S/C21H25N5O/c1-14(2)9-10-22-19-20-23-11-12-26(20)13-18(25-19)15-3-5-16(6-4-15)21(27)24-17-7-8-17/h3-6,11-14,17H,7-10H2,1-2H3,(H,22,25)(H,24,27). The molecule has 0 radical (unpaired) electrons. The van der Waals surface area contributed by atoms with Gasteiger partial charge < -0.3 is 15.0 Å². The molecule has 0 aliphatic heterocycles. The average molecular weight is 363 g/mol. The van der Waals surface area contributed by atoms with Crippen molar-refractivity contribution < 1.29 is 4.79 Å². The lowest BCUT2D eigenvalue weighted by atomic mass is 10.1. The van der Waals surface area contributed by atoms with Gasteiger partial charge in [-0.2, -0.15) is 0 Å². The van der Waals surface area contributed by atoms with Crippen LogP contribution in [-0.2, 0) is 0 Å². The molecule has 1 amide bonds. The fraction of sp³-hybridized carbons (Fsp3) is 0.381. The number of hydrogen-bond donors (Lipinski definition) is 2. The van der Waals surface area contributed by atoms with Gasteiger partial charge in [-0.25, -0.2) is 9.97 Å². The molecular formula is C21H25N5O.